The van der Waals surface area contributed by atoms with Crippen molar-refractivity contribution in [3.63, 3.8) is 0 Å². The van der Waals surface area contributed by atoms with Gasteiger partial charge in [-0.1, -0.05) is 59.8 Å². The van der Waals surface area contributed by atoms with Crippen molar-refractivity contribution < 1.29 is 13.6 Å². The second-order valence-corrected chi connectivity index (χ2v) is 7.67. The van der Waals surface area contributed by atoms with E-state index in [1.807, 2.05) is 0 Å². The molecule has 0 aliphatic heterocycles. The molecule has 0 saturated carbocycles. The number of unbranched alkanes of at least 4 members (excludes halogenated alkanes) is 3. The largest absolute Gasteiger partial charge is 0.330 e. The highest BCUT2D eigenvalue weighted by atomic mass is 31.2. The average molecular weight is 306 g/mol. The van der Waals surface area contributed by atoms with Gasteiger partial charge < -0.3 is 9.05 Å². The second kappa shape index (κ2) is 12.9. The first-order valence-electron chi connectivity index (χ1n) is 8.53. The molecule has 0 fully saturated rings. The summed E-state index contributed by atoms with van der Waals surface area (Å²) in [6.07, 6.45) is 9.95. The van der Waals surface area contributed by atoms with E-state index in [1.54, 1.807) is 0 Å². The number of hydrogen-bond acceptors (Lipinski definition) is 3. The van der Waals surface area contributed by atoms with Crippen molar-refractivity contribution in [3.8, 4) is 0 Å². The summed E-state index contributed by atoms with van der Waals surface area (Å²) >= 11 is 0. The molecule has 0 aromatic rings. The van der Waals surface area contributed by atoms with Crippen LogP contribution in [0.1, 0.15) is 85.5 Å². The SMILES string of the molecule is CCCCOP(=O)(CCCC)OC(CCC)CCCC. The maximum atomic E-state index is 12.9. The first kappa shape index (κ1) is 20.1. The van der Waals surface area contributed by atoms with E-state index in [0.29, 0.717) is 12.8 Å². The van der Waals surface area contributed by atoms with Crippen LogP contribution in [0.2, 0.25) is 0 Å². The van der Waals surface area contributed by atoms with E-state index < -0.39 is 7.60 Å². The molecule has 3 nitrogen and oxygen atoms in total. The lowest BCUT2D eigenvalue weighted by Gasteiger charge is -2.24. The van der Waals surface area contributed by atoms with E-state index >= 15 is 0 Å². The number of hydrogen-bond donors (Lipinski definition) is 0. The highest BCUT2D eigenvalue weighted by Crippen LogP contribution is 2.51. The number of rotatable bonds is 14. The van der Waals surface area contributed by atoms with Gasteiger partial charge in [-0.15, -0.1) is 0 Å². The predicted molar refractivity (Wildman–Crippen MR) is 87.5 cm³/mol. The fourth-order valence-corrected chi connectivity index (χ4v) is 4.15. The molecular weight excluding hydrogens is 271 g/mol. The van der Waals surface area contributed by atoms with Gasteiger partial charge in [0.15, 0.2) is 0 Å². The molecule has 0 aromatic heterocycles. The van der Waals surface area contributed by atoms with Crippen LogP contribution in [-0.2, 0) is 13.6 Å². The average Bonchev–Trinajstić information content (AvgIpc) is 2.43. The van der Waals surface area contributed by atoms with Crippen molar-refractivity contribution in [3.05, 3.63) is 0 Å². The summed E-state index contributed by atoms with van der Waals surface area (Å²) < 4.78 is 24.5. The Morgan fingerprint density at radius 2 is 1.50 bits per heavy atom. The van der Waals surface area contributed by atoms with Gasteiger partial charge in [0.05, 0.1) is 18.9 Å². The molecule has 0 amide bonds. The normalized spacial score (nSPS) is 16.0. The first-order chi connectivity index (χ1) is 9.61. The highest BCUT2D eigenvalue weighted by Gasteiger charge is 2.27. The Hall–Kier alpha value is 0.150. The van der Waals surface area contributed by atoms with Gasteiger partial charge in [0.1, 0.15) is 0 Å². The molecule has 0 aliphatic carbocycles. The lowest BCUT2D eigenvalue weighted by molar-refractivity contribution is 0.129. The summed E-state index contributed by atoms with van der Waals surface area (Å²) in [5.41, 5.74) is 0. The Balaban J connectivity index is 4.50. The van der Waals surface area contributed by atoms with Gasteiger partial charge in [-0.25, -0.2) is 0 Å². The van der Waals surface area contributed by atoms with Gasteiger partial charge in [0.2, 0.25) is 0 Å². The van der Waals surface area contributed by atoms with Gasteiger partial charge in [0.25, 0.3) is 0 Å². The van der Waals surface area contributed by atoms with Crippen molar-refractivity contribution in [1.29, 1.82) is 0 Å². The molecule has 122 valence electrons. The van der Waals surface area contributed by atoms with Crippen molar-refractivity contribution in [2.24, 2.45) is 0 Å². The fourth-order valence-electron chi connectivity index (χ4n) is 2.08. The molecule has 2 atom stereocenters. The monoisotopic (exact) mass is 306 g/mol. The fraction of sp³-hybridized carbons (Fsp3) is 1.00. The van der Waals surface area contributed by atoms with E-state index in [-0.39, 0.29) is 6.10 Å². The van der Waals surface area contributed by atoms with Crippen LogP contribution in [0.5, 0.6) is 0 Å². The standard InChI is InChI=1S/C16H35O3P/c1-5-9-13-16(12-8-4)19-20(17,15-11-7-3)18-14-10-6-2/h16H,5-15H2,1-4H3. The molecule has 0 rings (SSSR count). The third-order valence-corrected chi connectivity index (χ3v) is 5.43. The van der Waals surface area contributed by atoms with Gasteiger partial charge in [0, 0.05) is 0 Å². The summed E-state index contributed by atoms with van der Waals surface area (Å²) in [4.78, 5) is 0. The molecular formula is C16H35O3P. The molecule has 0 aliphatic rings. The second-order valence-electron chi connectivity index (χ2n) is 5.53. The Bertz CT molecular complexity index is 256. The third-order valence-electron chi connectivity index (χ3n) is 3.37. The minimum atomic E-state index is -2.89. The van der Waals surface area contributed by atoms with Gasteiger partial charge in [-0.05, 0) is 25.7 Å². The minimum Gasteiger partial charge on any atom is -0.309 e. The summed E-state index contributed by atoms with van der Waals surface area (Å²) in [6, 6.07) is 0. The van der Waals surface area contributed by atoms with Crippen LogP contribution in [0.15, 0.2) is 0 Å². The third kappa shape index (κ3) is 9.96. The van der Waals surface area contributed by atoms with Crippen LogP contribution in [0, 0.1) is 0 Å². The van der Waals surface area contributed by atoms with E-state index in [0.717, 1.165) is 57.8 Å². The first-order valence-corrected chi connectivity index (χ1v) is 10.3. The molecule has 0 heterocycles. The van der Waals surface area contributed by atoms with Crippen molar-refractivity contribution in [2.45, 2.75) is 91.6 Å². The highest BCUT2D eigenvalue weighted by molar-refractivity contribution is 7.53. The molecule has 20 heavy (non-hydrogen) atoms. The zero-order valence-electron chi connectivity index (χ0n) is 14.0. The van der Waals surface area contributed by atoms with Gasteiger partial charge >= 0.3 is 7.60 Å². The summed E-state index contributed by atoms with van der Waals surface area (Å²) in [5, 5.41) is 0. The Morgan fingerprint density at radius 3 is 2.05 bits per heavy atom. The molecule has 0 N–H and O–H groups in total. The molecule has 0 aromatic carbocycles. The van der Waals surface area contributed by atoms with Crippen molar-refractivity contribution in [1.82, 2.24) is 0 Å². The van der Waals surface area contributed by atoms with E-state index in [1.165, 1.54) is 0 Å². The minimum absolute atomic E-state index is 0.101. The molecule has 0 saturated heterocycles. The lowest BCUT2D eigenvalue weighted by atomic mass is 10.1. The lowest BCUT2D eigenvalue weighted by Crippen LogP contribution is -2.14. The van der Waals surface area contributed by atoms with Gasteiger partial charge in [-0.2, -0.15) is 0 Å². The van der Waals surface area contributed by atoms with E-state index in [4.69, 9.17) is 9.05 Å². The van der Waals surface area contributed by atoms with Crippen LogP contribution in [0.4, 0.5) is 0 Å². The van der Waals surface area contributed by atoms with Crippen LogP contribution in [0.25, 0.3) is 0 Å². The van der Waals surface area contributed by atoms with Crippen LogP contribution < -0.4 is 0 Å². The molecule has 4 heteroatoms. The Kier molecular flexibility index (Phi) is 13.0. The topological polar surface area (TPSA) is 35.5 Å². The molecule has 0 radical (unpaired) electrons. The Morgan fingerprint density at radius 1 is 0.850 bits per heavy atom. The summed E-state index contributed by atoms with van der Waals surface area (Å²) in [6.45, 7) is 9.11. The summed E-state index contributed by atoms with van der Waals surface area (Å²) in [7, 11) is -2.89. The van der Waals surface area contributed by atoms with Crippen molar-refractivity contribution >= 4 is 7.60 Å². The quantitative estimate of drug-likeness (QED) is 0.284. The molecule has 0 bridgehead atoms. The van der Waals surface area contributed by atoms with Gasteiger partial charge in [-0.3, -0.25) is 4.57 Å². The van der Waals surface area contributed by atoms with E-state index in [9.17, 15) is 4.57 Å². The zero-order chi connectivity index (χ0) is 15.3. The predicted octanol–water partition coefficient (Wildman–Crippen LogP) is 6.17. The molecule has 0 spiro atoms. The maximum absolute atomic E-state index is 12.9. The molecule has 2 unspecified atom stereocenters. The Labute approximate surface area is 126 Å². The smallest absolute Gasteiger partial charge is 0.309 e. The van der Waals surface area contributed by atoms with Crippen LogP contribution in [0.3, 0.4) is 0 Å². The summed E-state index contributed by atoms with van der Waals surface area (Å²) in [5.74, 6) is 0. The van der Waals surface area contributed by atoms with Crippen molar-refractivity contribution in [2.75, 3.05) is 12.8 Å². The van der Waals surface area contributed by atoms with Crippen LogP contribution >= 0.6 is 7.60 Å². The van der Waals surface area contributed by atoms with Crippen LogP contribution in [-0.4, -0.2) is 18.9 Å². The maximum Gasteiger partial charge on any atom is 0.330 e. The zero-order valence-corrected chi connectivity index (χ0v) is 14.9. The van der Waals surface area contributed by atoms with E-state index in [2.05, 4.69) is 27.7 Å².